The van der Waals surface area contributed by atoms with Crippen molar-refractivity contribution in [3.63, 3.8) is 0 Å². The Kier molecular flexibility index (Phi) is 7.33. The summed E-state index contributed by atoms with van der Waals surface area (Å²) in [5.74, 6) is 0. The molecule has 0 fully saturated rings. The molecule has 9 heteroatoms. The minimum absolute atomic E-state index is 0. The standard InChI is InChI=1S/6CN.Fe.K.Pb/c6*1-2;;;/q;;;;;;-3;+1;+2. The Hall–Kier alpha value is 0.0179. The van der Waals surface area contributed by atoms with Crippen LogP contribution in [0.1, 0.15) is 0 Å². The Morgan fingerprint density at radius 1 is 0.533 bits per heavy atom. The minimum atomic E-state index is -6.17. The third kappa shape index (κ3) is 2.25. The number of hydrogen-bond acceptors (Lipinski definition) is 6. The Labute approximate surface area is 148 Å². The van der Waals surface area contributed by atoms with Gasteiger partial charge in [-0.3, -0.25) is 0 Å². The molecule has 0 rings (SSSR count). The molecule has 0 aliphatic heterocycles. The van der Waals surface area contributed by atoms with Crippen LogP contribution in [-0.2, 0) is 10.7 Å². The summed E-state index contributed by atoms with van der Waals surface area (Å²) in [5, 5.41) is 51.5. The van der Waals surface area contributed by atoms with Crippen molar-refractivity contribution in [2.75, 3.05) is 0 Å². The Morgan fingerprint density at radius 2 is 0.667 bits per heavy atom. The Morgan fingerprint density at radius 3 is 0.667 bits per heavy atom. The van der Waals surface area contributed by atoms with E-state index in [-0.39, 0.29) is 78.7 Å². The van der Waals surface area contributed by atoms with Gasteiger partial charge in [0, 0.05) is 0 Å². The summed E-state index contributed by atoms with van der Waals surface area (Å²) in [4.78, 5) is 6.19. The normalized spacial score (nSPS) is 11.6. The first-order valence-electron chi connectivity index (χ1n) is 2.40. The summed E-state index contributed by atoms with van der Waals surface area (Å²) in [7, 11) is -6.17. The zero-order chi connectivity index (χ0) is 10.7. The maximum absolute atomic E-state index is 8.58. The summed E-state index contributed by atoms with van der Waals surface area (Å²) in [6.07, 6.45) is 0. The van der Waals surface area contributed by atoms with E-state index in [1.165, 1.54) is 0 Å². The summed E-state index contributed by atoms with van der Waals surface area (Å²) in [6, 6.07) is 0. The number of nitrogens with zero attached hydrogens (tertiary/aromatic N) is 6. The van der Waals surface area contributed by atoms with Crippen LogP contribution in [0.2, 0.25) is 0 Å². The molecule has 0 amide bonds. The van der Waals surface area contributed by atoms with Crippen LogP contribution in [0.15, 0.2) is 0 Å². The van der Waals surface area contributed by atoms with E-state index in [0.717, 1.165) is 29.8 Å². The predicted molar refractivity (Wildman–Crippen MR) is 39.4 cm³/mol. The molecule has 0 spiro atoms. The monoisotopic (exact) mass is 459 g/mol. The zero-order valence-electron chi connectivity index (χ0n) is 7.54. The molecular formula is C6FeKN6Pb. The average Bonchev–Trinajstić information content (AvgIpc) is 2.26. The van der Waals surface area contributed by atoms with Gasteiger partial charge in [0.25, 0.3) is 0 Å². The second-order valence-corrected chi connectivity index (χ2v) is 7.42. The van der Waals surface area contributed by atoms with Gasteiger partial charge in [-0.1, -0.05) is 0 Å². The summed E-state index contributed by atoms with van der Waals surface area (Å²) >= 11 is 0. The van der Waals surface area contributed by atoms with Crippen LogP contribution in [-0.4, -0.2) is 27.3 Å². The van der Waals surface area contributed by atoms with Gasteiger partial charge in [-0.05, 0) is 0 Å². The van der Waals surface area contributed by atoms with E-state index >= 15 is 0 Å². The van der Waals surface area contributed by atoms with Gasteiger partial charge in [0.1, 0.15) is 0 Å². The second kappa shape index (κ2) is 5.38. The molecule has 0 saturated carbocycles. The summed E-state index contributed by atoms with van der Waals surface area (Å²) in [5.41, 5.74) is 0. The zero-order valence-corrected chi connectivity index (χ0v) is 15.7. The third-order valence-electron chi connectivity index (χ3n) is 1.19. The number of hydrogen-bond donors (Lipinski definition) is 0. The van der Waals surface area contributed by atoms with Gasteiger partial charge in [0.2, 0.25) is 0 Å². The van der Waals surface area contributed by atoms with Crippen LogP contribution in [0.3, 0.4) is 0 Å². The molecule has 0 bridgehead atoms. The summed E-state index contributed by atoms with van der Waals surface area (Å²) in [6.45, 7) is 0. The van der Waals surface area contributed by atoms with Crippen LogP contribution in [0.25, 0.3) is 0 Å². The van der Waals surface area contributed by atoms with E-state index in [1.54, 1.807) is 0 Å². The van der Waals surface area contributed by atoms with E-state index < -0.39 is 10.7 Å². The maximum atomic E-state index is 8.58. The van der Waals surface area contributed by atoms with Crippen molar-refractivity contribution < 1.29 is 62.1 Å². The van der Waals surface area contributed by atoms with Crippen LogP contribution < -0.4 is 51.4 Å². The molecule has 0 N–H and O–H groups in total. The molecule has 0 aromatic heterocycles. The van der Waals surface area contributed by atoms with E-state index in [2.05, 4.69) is 0 Å². The predicted octanol–water partition coefficient (Wildman–Crippen LogP) is -3.28. The molecule has 6 nitrogen and oxygen atoms in total. The molecule has 0 aliphatic carbocycles. The fourth-order valence-corrected chi connectivity index (χ4v) is 1.09. The van der Waals surface area contributed by atoms with Crippen LogP contribution in [0.4, 0.5) is 0 Å². The molecule has 0 atom stereocenters. The van der Waals surface area contributed by atoms with Crippen molar-refractivity contribution in [1.82, 2.24) is 0 Å². The first kappa shape index (κ1) is 20.4. The molecule has 0 aromatic carbocycles. The quantitative estimate of drug-likeness (QED) is 0.349. The van der Waals surface area contributed by atoms with E-state index in [9.17, 15) is 0 Å². The Balaban J connectivity index is -0.000000720. The van der Waals surface area contributed by atoms with Crippen molar-refractivity contribution in [2.45, 2.75) is 0 Å². The van der Waals surface area contributed by atoms with Crippen LogP contribution >= 0.6 is 0 Å². The second-order valence-electron chi connectivity index (χ2n) is 1.80. The van der Waals surface area contributed by atoms with Crippen molar-refractivity contribution >= 4 is 27.3 Å². The fraction of sp³-hybridized carbons (Fsp3) is 0. The van der Waals surface area contributed by atoms with Gasteiger partial charge in [0.05, 0.1) is 0 Å². The molecule has 67 valence electrons. The molecule has 0 heterocycles. The molecule has 15 heavy (non-hydrogen) atoms. The molecule has 2 radical (unpaired) electrons. The topological polar surface area (TPSA) is 143 Å². The third-order valence-corrected chi connectivity index (χ3v) is 4.89. The van der Waals surface area contributed by atoms with Crippen LogP contribution in [0.5, 0.6) is 0 Å². The first-order valence-corrected chi connectivity index (χ1v) is 5.71. The van der Waals surface area contributed by atoms with Crippen molar-refractivity contribution in [1.29, 1.82) is 31.6 Å². The van der Waals surface area contributed by atoms with Gasteiger partial charge in [-0.25, -0.2) is 0 Å². The number of rotatable bonds is 0. The molecule has 0 unspecified atom stereocenters. The molecule has 0 aromatic rings. The minimum Gasteiger partial charge on any atom is 1.00 e. The van der Waals surface area contributed by atoms with Gasteiger partial charge in [-0.2, -0.15) is 0 Å². The summed E-state index contributed by atoms with van der Waals surface area (Å²) < 4.78 is 0. The van der Waals surface area contributed by atoms with E-state index in [1.807, 2.05) is 0 Å². The smallest absolute Gasteiger partial charge is 1.00 e. The fourth-order valence-electron chi connectivity index (χ4n) is 0.265. The SMILES string of the molecule is N#[C][Fe-3]([C]#N)([C]#N)([C]#N)([C]#N)[C]#N.[K+].[Pb+2]. The van der Waals surface area contributed by atoms with Crippen molar-refractivity contribution in [3.05, 3.63) is 0 Å². The first-order chi connectivity index (χ1) is 5.97. The Bertz CT molecular complexity index is 397. The van der Waals surface area contributed by atoms with Gasteiger partial charge >= 0.3 is 151 Å². The largest absolute Gasteiger partial charge is 2.00 e. The molecule has 0 saturated heterocycles. The van der Waals surface area contributed by atoms with E-state index in [0.29, 0.717) is 0 Å². The van der Waals surface area contributed by atoms with Gasteiger partial charge in [0.15, 0.2) is 0 Å². The van der Waals surface area contributed by atoms with Gasteiger partial charge < -0.3 is 0 Å². The maximum Gasteiger partial charge on any atom is 2.00 e. The van der Waals surface area contributed by atoms with Crippen molar-refractivity contribution in [2.24, 2.45) is 0 Å². The van der Waals surface area contributed by atoms with Gasteiger partial charge in [-0.15, -0.1) is 0 Å². The van der Waals surface area contributed by atoms with E-state index in [4.69, 9.17) is 31.6 Å². The average molecular weight is 458 g/mol. The van der Waals surface area contributed by atoms with Crippen molar-refractivity contribution in [3.8, 4) is 29.8 Å². The molecular weight excluding hydrogens is 458 g/mol. The number of nitriles is 6. The van der Waals surface area contributed by atoms with Crippen LogP contribution in [0, 0.1) is 61.4 Å². The molecule has 0 aliphatic rings.